The molecule has 1 aromatic carbocycles. The standard InChI is InChI=1S/C13H18O3S/c1-13(2,9-17)8-16-11-6-4-5-10(7-11)12(14)15-3/h4-7,17H,8-9H2,1-3H3. The number of thiol groups is 1. The lowest BCUT2D eigenvalue weighted by Gasteiger charge is -2.22. The van der Waals surface area contributed by atoms with Gasteiger partial charge in [0.25, 0.3) is 0 Å². The number of carbonyl (C=O) groups is 1. The van der Waals surface area contributed by atoms with Gasteiger partial charge in [-0.2, -0.15) is 12.6 Å². The minimum Gasteiger partial charge on any atom is -0.493 e. The number of benzene rings is 1. The molecule has 1 rings (SSSR count). The van der Waals surface area contributed by atoms with Crippen LogP contribution in [-0.4, -0.2) is 25.4 Å². The van der Waals surface area contributed by atoms with Crippen LogP contribution in [0.3, 0.4) is 0 Å². The molecule has 0 radical (unpaired) electrons. The van der Waals surface area contributed by atoms with Crippen molar-refractivity contribution in [1.82, 2.24) is 0 Å². The second-order valence-corrected chi connectivity index (χ2v) is 4.95. The number of rotatable bonds is 5. The van der Waals surface area contributed by atoms with Crippen molar-refractivity contribution in [3.05, 3.63) is 29.8 Å². The summed E-state index contributed by atoms with van der Waals surface area (Å²) >= 11 is 4.26. The van der Waals surface area contributed by atoms with E-state index in [2.05, 4.69) is 31.2 Å². The maximum Gasteiger partial charge on any atom is 0.337 e. The van der Waals surface area contributed by atoms with E-state index in [4.69, 9.17) is 4.74 Å². The van der Waals surface area contributed by atoms with Gasteiger partial charge < -0.3 is 9.47 Å². The maximum atomic E-state index is 11.3. The summed E-state index contributed by atoms with van der Waals surface area (Å²) in [6.45, 7) is 4.70. The molecule has 0 saturated carbocycles. The van der Waals surface area contributed by atoms with Gasteiger partial charge in [-0.05, 0) is 24.0 Å². The van der Waals surface area contributed by atoms with E-state index < -0.39 is 0 Å². The van der Waals surface area contributed by atoms with Crippen LogP contribution in [0.25, 0.3) is 0 Å². The third-order valence-electron chi connectivity index (χ3n) is 2.31. The highest BCUT2D eigenvalue weighted by atomic mass is 32.1. The van der Waals surface area contributed by atoms with Crippen LogP contribution < -0.4 is 4.74 Å². The lowest BCUT2D eigenvalue weighted by atomic mass is 9.98. The molecule has 0 aromatic heterocycles. The Bertz CT molecular complexity index is 388. The summed E-state index contributed by atoms with van der Waals surface area (Å²) in [5.41, 5.74) is 0.498. The zero-order valence-corrected chi connectivity index (χ0v) is 11.3. The predicted octanol–water partition coefficient (Wildman–Crippen LogP) is 2.81. The second kappa shape index (κ2) is 5.96. The number of ether oxygens (including phenoxy) is 2. The minimum atomic E-state index is -0.357. The molecule has 0 heterocycles. The van der Waals surface area contributed by atoms with Crippen LogP contribution in [0.1, 0.15) is 24.2 Å². The molecule has 17 heavy (non-hydrogen) atoms. The van der Waals surface area contributed by atoms with E-state index in [-0.39, 0.29) is 11.4 Å². The Balaban J connectivity index is 2.70. The molecule has 4 heteroatoms. The van der Waals surface area contributed by atoms with Gasteiger partial charge in [0.1, 0.15) is 5.75 Å². The average molecular weight is 254 g/mol. The molecule has 1 aromatic rings. The largest absolute Gasteiger partial charge is 0.493 e. The number of hydrogen-bond donors (Lipinski definition) is 1. The second-order valence-electron chi connectivity index (χ2n) is 4.63. The Hall–Kier alpha value is -1.16. The third-order valence-corrected chi connectivity index (χ3v) is 3.17. The van der Waals surface area contributed by atoms with Crippen molar-refractivity contribution in [1.29, 1.82) is 0 Å². The Morgan fingerprint density at radius 1 is 1.41 bits per heavy atom. The fourth-order valence-electron chi connectivity index (χ4n) is 1.16. The topological polar surface area (TPSA) is 35.5 Å². The van der Waals surface area contributed by atoms with Gasteiger partial charge in [-0.25, -0.2) is 4.79 Å². The van der Waals surface area contributed by atoms with E-state index in [1.54, 1.807) is 18.2 Å². The highest BCUT2D eigenvalue weighted by Crippen LogP contribution is 2.20. The van der Waals surface area contributed by atoms with E-state index in [9.17, 15) is 4.79 Å². The highest BCUT2D eigenvalue weighted by molar-refractivity contribution is 7.80. The molecule has 3 nitrogen and oxygen atoms in total. The fraction of sp³-hybridized carbons (Fsp3) is 0.462. The molecule has 0 aliphatic carbocycles. The van der Waals surface area contributed by atoms with Gasteiger partial charge in [0.15, 0.2) is 0 Å². The molecule has 0 atom stereocenters. The Morgan fingerprint density at radius 2 is 2.12 bits per heavy atom. The average Bonchev–Trinajstić information content (AvgIpc) is 2.36. The molecule has 0 aliphatic heterocycles. The molecule has 0 aliphatic rings. The quantitative estimate of drug-likeness (QED) is 0.648. The molecular weight excluding hydrogens is 236 g/mol. The number of hydrogen-bond acceptors (Lipinski definition) is 4. The van der Waals surface area contributed by atoms with E-state index in [1.165, 1.54) is 7.11 Å². The van der Waals surface area contributed by atoms with Crippen molar-refractivity contribution in [2.24, 2.45) is 5.41 Å². The van der Waals surface area contributed by atoms with Crippen molar-refractivity contribution in [2.45, 2.75) is 13.8 Å². The minimum absolute atomic E-state index is 0.00435. The number of methoxy groups -OCH3 is 1. The monoisotopic (exact) mass is 254 g/mol. The molecule has 94 valence electrons. The van der Waals surface area contributed by atoms with Crippen molar-refractivity contribution >= 4 is 18.6 Å². The first kappa shape index (κ1) is 13.9. The van der Waals surface area contributed by atoms with Crippen LogP contribution in [0, 0.1) is 5.41 Å². The van der Waals surface area contributed by atoms with Gasteiger partial charge in [-0.15, -0.1) is 0 Å². The van der Waals surface area contributed by atoms with Gasteiger partial charge in [-0.1, -0.05) is 19.9 Å². The smallest absolute Gasteiger partial charge is 0.337 e. The Labute approximate surface area is 108 Å². The summed E-state index contributed by atoms with van der Waals surface area (Å²) < 4.78 is 10.3. The maximum absolute atomic E-state index is 11.3. The summed E-state index contributed by atoms with van der Waals surface area (Å²) in [6, 6.07) is 6.97. The van der Waals surface area contributed by atoms with Crippen LogP contribution in [0.15, 0.2) is 24.3 Å². The van der Waals surface area contributed by atoms with Crippen molar-refractivity contribution in [3.63, 3.8) is 0 Å². The molecule has 0 unspecified atom stereocenters. The van der Waals surface area contributed by atoms with Crippen molar-refractivity contribution < 1.29 is 14.3 Å². The zero-order valence-electron chi connectivity index (χ0n) is 10.4. The summed E-state index contributed by atoms with van der Waals surface area (Å²) in [5, 5.41) is 0. The van der Waals surface area contributed by atoms with Gasteiger partial charge in [0.05, 0.1) is 19.3 Å². The van der Waals surface area contributed by atoms with E-state index in [0.29, 0.717) is 17.9 Å². The molecule has 0 fully saturated rings. The summed E-state index contributed by atoms with van der Waals surface area (Å²) in [7, 11) is 1.36. The molecule has 0 amide bonds. The fourth-order valence-corrected chi connectivity index (χ4v) is 1.25. The van der Waals surface area contributed by atoms with Gasteiger partial charge in [0, 0.05) is 5.41 Å². The lowest BCUT2D eigenvalue weighted by molar-refractivity contribution is 0.0600. The highest BCUT2D eigenvalue weighted by Gasteiger charge is 2.17. The zero-order chi connectivity index (χ0) is 12.9. The predicted molar refractivity (Wildman–Crippen MR) is 70.9 cm³/mol. The molecule has 0 bridgehead atoms. The summed E-state index contributed by atoms with van der Waals surface area (Å²) in [5.74, 6) is 1.05. The molecule has 0 N–H and O–H groups in total. The Morgan fingerprint density at radius 3 is 2.71 bits per heavy atom. The van der Waals surface area contributed by atoms with Gasteiger partial charge in [-0.3, -0.25) is 0 Å². The number of carbonyl (C=O) groups excluding carboxylic acids is 1. The van der Waals surface area contributed by atoms with E-state index >= 15 is 0 Å². The van der Waals surface area contributed by atoms with Crippen molar-refractivity contribution in [2.75, 3.05) is 19.5 Å². The SMILES string of the molecule is COC(=O)c1cccc(OCC(C)(C)CS)c1. The van der Waals surface area contributed by atoms with Crippen LogP contribution in [0.2, 0.25) is 0 Å². The van der Waals surface area contributed by atoms with Crippen LogP contribution in [0.4, 0.5) is 0 Å². The van der Waals surface area contributed by atoms with Crippen LogP contribution >= 0.6 is 12.6 Å². The lowest BCUT2D eigenvalue weighted by Crippen LogP contribution is -2.23. The van der Waals surface area contributed by atoms with Crippen LogP contribution in [0.5, 0.6) is 5.75 Å². The first-order valence-electron chi connectivity index (χ1n) is 5.40. The third kappa shape index (κ3) is 4.30. The van der Waals surface area contributed by atoms with Crippen LogP contribution in [-0.2, 0) is 4.74 Å². The number of esters is 1. The Kier molecular flexibility index (Phi) is 4.87. The van der Waals surface area contributed by atoms with E-state index in [1.807, 2.05) is 6.07 Å². The van der Waals surface area contributed by atoms with Gasteiger partial charge >= 0.3 is 5.97 Å². The summed E-state index contributed by atoms with van der Waals surface area (Å²) in [4.78, 5) is 11.3. The first-order chi connectivity index (χ1) is 7.98. The molecular formula is C13H18O3S. The summed E-state index contributed by atoms with van der Waals surface area (Å²) in [6.07, 6.45) is 0. The molecule has 0 spiro atoms. The normalized spacial score (nSPS) is 11.1. The van der Waals surface area contributed by atoms with E-state index in [0.717, 1.165) is 5.75 Å². The van der Waals surface area contributed by atoms with Gasteiger partial charge in [0.2, 0.25) is 0 Å². The van der Waals surface area contributed by atoms with Crippen molar-refractivity contribution in [3.8, 4) is 5.75 Å². The first-order valence-corrected chi connectivity index (χ1v) is 6.04. The molecule has 0 saturated heterocycles.